The van der Waals surface area contributed by atoms with Crippen LogP contribution >= 0.6 is 15.9 Å². The molecule has 0 aliphatic carbocycles. The molecule has 0 saturated carbocycles. The minimum Gasteiger partial charge on any atom is -0.395 e. The second-order valence-electron chi connectivity index (χ2n) is 3.26. The second kappa shape index (κ2) is 5.86. The van der Waals surface area contributed by atoms with Crippen LogP contribution in [-0.4, -0.2) is 18.3 Å². The van der Waals surface area contributed by atoms with Crippen LogP contribution in [0, 0.1) is 18.3 Å². The van der Waals surface area contributed by atoms with Crippen LogP contribution in [0.25, 0.3) is 0 Å². The summed E-state index contributed by atoms with van der Waals surface area (Å²) in [6.45, 7) is 2.44. The largest absolute Gasteiger partial charge is 0.395 e. The molecule has 0 radical (unpaired) electrons. The number of nitriles is 1. The molecule has 0 heterocycles. The van der Waals surface area contributed by atoms with Gasteiger partial charge in [-0.2, -0.15) is 5.26 Å². The summed E-state index contributed by atoms with van der Waals surface area (Å²) in [6, 6.07) is 7.63. The Kier molecular flexibility index (Phi) is 4.76. The number of rotatable bonds is 4. The number of aryl methyl sites for hydroxylation is 1. The van der Waals surface area contributed by atoms with Gasteiger partial charge in [-0.15, -0.1) is 0 Å². The summed E-state index contributed by atoms with van der Waals surface area (Å²) >= 11 is 3.43. The third kappa shape index (κ3) is 3.31. The van der Waals surface area contributed by atoms with E-state index in [1.165, 1.54) is 0 Å². The number of aliphatic hydroxyl groups is 1. The van der Waals surface area contributed by atoms with Gasteiger partial charge in [0.25, 0.3) is 0 Å². The average molecular weight is 269 g/mol. The fourth-order valence-corrected chi connectivity index (χ4v) is 2.02. The highest BCUT2D eigenvalue weighted by molar-refractivity contribution is 9.10. The van der Waals surface area contributed by atoms with E-state index in [4.69, 9.17) is 10.4 Å². The quantitative estimate of drug-likeness (QED) is 0.877. The zero-order chi connectivity index (χ0) is 11.3. The molecule has 0 aromatic heterocycles. The average Bonchev–Trinajstić information content (AvgIpc) is 2.21. The third-order valence-corrected chi connectivity index (χ3v) is 2.74. The molecule has 1 atom stereocenters. The number of benzene rings is 1. The van der Waals surface area contributed by atoms with Gasteiger partial charge in [-0.1, -0.05) is 28.1 Å². The van der Waals surface area contributed by atoms with E-state index in [1.54, 1.807) is 0 Å². The maximum absolute atomic E-state index is 8.98. The Balaban J connectivity index is 2.88. The molecular formula is C11H13BrN2O. The Labute approximate surface area is 97.9 Å². The molecule has 3 nitrogen and oxygen atoms in total. The van der Waals surface area contributed by atoms with Crippen molar-refractivity contribution in [2.45, 2.75) is 13.0 Å². The monoisotopic (exact) mass is 268 g/mol. The van der Waals surface area contributed by atoms with Gasteiger partial charge in [0, 0.05) is 11.0 Å². The molecule has 1 unspecified atom stereocenters. The lowest BCUT2D eigenvalue weighted by atomic mass is 10.1. The highest BCUT2D eigenvalue weighted by Crippen LogP contribution is 2.24. The number of hydrogen-bond acceptors (Lipinski definition) is 3. The molecule has 0 bridgehead atoms. The van der Waals surface area contributed by atoms with E-state index < -0.39 is 0 Å². The maximum atomic E-state index is 8.98. The van der Waals surface area contributed by atoms with E-state index in [-0.39, 0.29) is 12.6 Å². The molecule has 0 aliphatic heterocycles. The summed E-state index contributed by atoms with van der Waals surface area (Å²) in [6.07, 6.45) is 0. The van der Waals surface area contributed by atoms with Crippen molar-refractivity contribution in [2.75, 3.05) is 13.2 Å². The molecular weight excluding hydrogens is 256 g/mol. The van der Waals surface area contributed by atoms with Crippen molar-refractivity contribution in [2.24, 2.45) is 0 Å². The lowest BCUT2D eigenvalue weighted by Crippen LogP contribution is -2.23. The predicted molar refractivity (Wildman–Crippen MR) is 62.3 cm³/mol. The van der Waals surface area contributed by atoms with E-state index in [9.17, 15) is 0 Å². The van der Waals surface area contributed by atoms with Crippen molar-refractivity contribution in [3.05, 3.63) is 33.8 Å². The lowest BCUT2D eigenvalue weighted by Gasteiger charge is -2.13. The summed E-state index contributed by atoms with van der Waals surface area (Å²) in [7, 11) is 0. The molecule has 0 spiro atoms. The van der Waals surface area contributed by atoms with Crippen molar-refractivity contribution in [1.82, 2.24) is 5.32 Å². The van der Waals surface area contributed by atoms with Crippen LogP contribution in [0.1, 0.15) is 17.2 Å². The fourth-order valence-electron chi connectivity index (χ4n) is 1.30. The van der Waals surface area contributed by atoms with Crippen LogP contribution < -0.4 is 5.32 Å². The SMILES string of the molecule is Cc1ccc(C(C#N)NCCO)c(Br)c1. The van der Waals surface area contributed by atoms with Crippen LogP contribution in [0.15, 0.2) is 22.7 Å². The van der Waals surface area contributed by atoms with Crippen molar-refractivity contribution >= 4 is 15.9 Å². The predicted octanol–water partition coefficient (Wildman–Crippen LogP) is 1.90. The van der Waals surface area contributed by atoms with E-state index in [0.717, 1.165) is 15.6 Å². The van der Waals surface area contributed by atoms with Gasteiger partial charge in [0.1, 0.15) is 6.04 Å². The number of aliphatic hydroxyl groups excluding tert-OH is 1. The minimum absolute atomic E-state index is 0.0294. The Morgan fingerprint density at radius 3 is 2.87 bits per heavy atom. The molecule has 0 amide bonds. The molecule has 15 heavy (non-hydrogen) atoms. The van der Waals surface area contributed by atoms with Gasteiger partial charge in [-0.25, -0.2) is 0 Å². The Morgan fingerprint density at radius 1 is 1.60 bits per heavy atom. The van der Waals surface area contributed by atoms with Crippen molar-refractivity contribution in [3.8, 4) is 6.07 Å². The van der Waals surface area contributed by atoms with Gasteiger partial charge >= 0.3 is 0 Å². The second-order valence-corrected chi connectivity index (χ2v) is 4.12. The maximum Gasteiger partial charge on any atom is 0.122 e. The van der Waals surface area contributed by atoms with Crippen LogP contribution in [0.2, 0.25) is 0 Å². The molecule has 4 heteroatoms. The van der Waals surface area contributed by atoms with Crippen LogP contribution in [-0.2, 0) is 0 Å². The summed E-state index contributed by atoms with van der Waals surface area (Å²) < 4.78 is 0.916. The molecule has 1 aromatic carbocycles. The number of hydrogen-bond donors (Lipinski definition) is 2. The molecule has 0 fully saturated rings. The summed E-state index contributed by atoms with van der Waals surface area (Å²) in [5.74, 6) is 0. The van der Waals surface area contributed by atoms with Crippen molar-refractivity contribution in [3.63, 3.8) is 0 Å². The molecule has 0 saturated heterocycles. The summed E-state index contributed by atoms with van der Waals surface area (Å²) in [5.41, 5.74) is 2.04. The van der Waals surface area contributed by atoms with Crippen LogP contribution in [0.4, 0.5) is 0 Å². The van der Waals surface area contributed by atoms with Gasteiger partial charge in [0.05, 0.1) is 12.7 Å². The van der Waals surface area contributed by atoms with Gasteiger partial charge < -0.3 is 5.11 Å². The first-order chi connectivity index (χ1) is 7.19. The van der Waals surface area contributed by atoms with Crippen LogP contribution in [0.5, 0.6) is 0 Å². The molecule has 1 rings (SSSR count). The third-order valence-electron chi connectivity index (χ3n) is 2.06. The van der Waals surface area contributed by atoms with Crippen LogP contribution in [0.3, 0.4) is 0 Å². The van der Waals surface area contributed by atoms with Crippen molar-refractivity contribution < 1.29 is 5.11 Å². The van der Waals surface area contributed by atoms with Gasteiger partial charge in [0.15, 0.2) is 0 Å². The minimum atomic E-state index is -0.382. The smallest absolute Gasteiger partial charge is 0.122 e. The normalized spacial score (nSPS) is 12.1. The summed E-state index contributed by atoms with van der Waals surface area (Å²) in [5, 5.41) is 20.6. The summed E-state index contributed by atoms with van der Waals surface area (Å²) in [4.78, 5) is 0. The zero-order valence-electron chi connectivity index (χ0n) is 8.50. The Bertz CT molecular complexity index is 373. The fraction of sp³-hybridized carbons (Fsp3) is 0.364. The Hall–Kier alpha value is -0.890. The first kappa shape index (κ1) is 12.2. The highest BCUT2D eigenvalue weighted by Gasteiger charge is 2.12. The first-order valence-corrected chi connectivity index (χ1v) is 5.48. The number of nitrogens with zero attached hydrogens (tertiary/aromatic N) is 1. The van der Waals surface area contributed by atoms with Gasteiger partial charge in [-0.05, 0) is 24.1 Å². The molecule has 2 N–H and O–H groups in total. The lowest BCUT2D eigenvalue weighted by molar-refractivity contribution is 0.289. The van der Waals surface area contributed by atoms with E-state index >= 15 is 0 Å². The topological polar surface area (TPSA) is 56.0 Å². The number of nitrogens with one attached hydrogen (secondary N) is 1. The standard InChI is InChI=1S/C11H13BrN2O/c1-8-2-3-9(10(12)6-8)11(7-13)14-4-5-15/h2-3,6,11,14-15H,4-5H2,1H3. The van der Waals surface area contributed by atoms with Gasteiger partial charge in [-0.3, -0.25) is 5.32 Å². The number of halogens is 1. The molecule has 80 valence electrons. The zero-order valence-corrected chi connectivity index (χ0v) is 10.1. The van der Waals surface area contributed by atoms with E-state index in [2.05, 4.69) is 27.3 Å². The van der Waals surface area contributed by atoms with Crippen molar-refractivity contribution in [1.29, 1.82) is 5.26 Å². The Morgan fingerprint density at radius 2 is 2.33 bits per heavy atom. The van der Waals surface area contributed by atoms with Gasteiger partial charge in [0.2, 0.25) is 0 Å². The van der Waals surface area contributed by atoms with E-state index in [1.807, 2.05) is 25.1 Å². The highest BCUT2D eigenvalue weighted by atomic mass is 79.9. The first-order valence-electron chi connectivity index (χ1n) is 4.69. The molecule has 0 aliphatic rings. The van der Waals surface area contributed by atoms with E-state index in [0.29, 0.717) is 6.54 Å². The molecule has 1 aromatic rings.